The normalized spacial score (nSPS) is 24.4. The van der Waals surface area contributed by atoms with E-state index in [1.54, 1.807) is 6.07 Å². The van der Waals surface area contributed by atoms with Crippen molar-refractivity contribution in [1.82, 2.24) is 5.32 Å². The Morgan fingerprint density at radius 1 is 1.30 bits per heavy atom. The average molecular weight is 321 g/mol. The van der Waals surface area contributed by atoms with Gasteiger partial charge in [0, 0.05) is 6.54 Å². The summed E-state index contributed by atoms with van der Waals surface area (Å²) in [7, 11) is 0. The average Bonchev–Trinajstić information content (AvgIpc) is 2.48. The van der Waals surface area contributed by atoms with Crippen LogP contribution in [0, 0.1) is 17.8 Å². The van der Waals surface area contributed by atoms with Gasteiger partial charge in [-0.05, 0) is 48.3 Å². The number of hydrogen-bond donors (Lipinski definition) is 3. The van der Waals surface area contributed by atoms with Gasteiger partial charge in [0.2, 0.25) is 0 Å². The molecule has 5 nitrogen and oxygen atoms in total. The zero-order valence-electron chi connectivity index (χ0n) is 14.1. The van der Waals surface area contributed by atoms with Gasteiger partial charge in [-0.3, -0.25) is 0 Å². The number of alkyl carbamates (subject to hydrolysis) is 1. The minimum absolute atomic E-state index is 0.0352. The molecule has 1 aromatic rings. The van der Waals surface area contributed by atoms with Gasteiger partial charge >= 0.3 is 6.09 Å². The fourth-order valence-electron chi connectivity index (χ4n) is 3.28. The molecule has 1 amide bonds. The molecule has 1 aliphatic carbocycles. The number of aromatic hydroxyl groups is 2. The van der Waals surface area contributed by atoms with Gasteiger partial charge in [0.05, 0.1) is 0 Å². The molecular weight excluding hydrogens is 294 g/mol. The molecule has 3 unspecified atom stereocenters. The van der Waals surface area contributed by atoms with Crippen molar-refractivity contribution in [2.75, 3.05) is 0 Å². The first kappa shape index (κ1) is 17.4. The summed E-state index contributed by atoms with van der Waals surface area (Å²) in [5.41, 5.74) is 0.703. The van der Waals surface area contributed by atoms with Crippen LogP contribution >= 0.6 is 0 Å². The van der Waals surface area contributed by atoms with Crippen LogP contribution in [0.15, 0.2) is 18.2 Å². The van der Waals surface area contributed by atoms with Crippen LogP contribution in [0.25, 0.3) is 0 Å². The van der Waals surface area contributed by atoms with Crippen molar-refractivity contribution in [3.63, 3.8) is 0 Å². The molecule has 1 aromatic carbocycles. The van der Waals surface area contributed by atoms with Crippen molar-refractivity contribution in [2.24, 2.45) is 17.8 Å². The molecule has 128 valence electrons. The number of rotatable bonds is 4. The van der Waals surface area contributed by atoms with E-state index in [0.717, 1.165) is 12.8 Å². The minimum atomic E-state index is -0.428. The lowest BCUT2D eigenvalue weighted by Gasteiger charge is -2.36. The van der Waals surface area contributed by atoms with Crippen molar-refractivity contribution < 1.29 is 19.7 Å². The highest BCUT2D eigenvalue weighted by Gasteiger charge is 2.33. The van der Waals surface area contributed by atoms with Crippen LogP contribution in [0.2, 0.25) is 0 Å². The lowest BCUT2D eigenvalue weighted by Crippen LogP contribution is -2.38. The summed E-state index contributed by atoms with van der Waals surface area (Å²) in [5.74, 6) is 1.12. The summed E-state index contributed by atoms with van der Waals surface area (Å²) in [6.07, 6.45) is 2.74. The number of hydrogen-bond acceptors (Lipinski definition) is 4. The molecule has 0 heterocycles. The van der Waals surface area contributed by atoms with E-state index in [2.05, 4.69) is 26.1 Å². The molecule has 1 fully saturated rings. The van der Waals surface area contributed by atoms with Crippen LogP contribution in [-0.2, 0) is 11.3 Å². The highest BCUT2D eigenvalue weighted by atomic mass is 16.6. The fourth-order valence-corrected chi connectivity index (χ4v) is 3.28. The first-order valence-electron chi connectivity index (χ1n) is 8.32. The second-order valence-corrected chi connectivity index (χ2v) is 6.95. The van der Waals surface area contributed by atoms with Crippen molar-refractivity contribution in [1.29, 1.82) is 0 Å². The first-order valence-corrected chi connectivity index (χ1v) is 8.32. The molecule has 1 aliphatic rings. The standard InChI is InChI=1S/C18H27NO4/c1-11(2)14-6-4-12(3)8-17(14)23-18(22)19-10-13-5-7-15(20)16(21)9-13/h5,7,9,11-12,14,17,20-21H,4,6,8,10H2,1-3H3,(H,19,22). The maximum Gasteiger partial charge on any atom is 0.407 e. The van der Waals surface area contributed by atoms with E-state index in [4.69, 9.17) is 4.74 Å². The Balaban J connectivity index is 1.88. The zero-order valence-corrected chi connectivity index (χ0v) is 14.1. The molecular formula is C18H27NO4. The Morgan fingerprint density at radius 3 is 2.70 bits per heavy atom. The van der Waals surface area contributed by atoms with Crippen LogP contribution in [0.5, 0.6) is 11.5 Å². The van der Waals surface area contributed by atoms with E-state index in [9.17, 15) is 15.0 Å². The highest BCUT2D eigenvalue weighted by molar-refractivity contribution is 5.67. The number of ether oxygens (including phenoxy) is 1. The van der Waals surface area contributed by atoms with Gasteiger partial charge in [-0.2, -0.15) is 0 Å². The third-order valence-electron chi connectivity index (χ3n) is 4.70. The molecule has 0 spiro atoms. The fraction of sp³-hybridized carbons (Fsp3) is 0.611. The summed E-state index contributed by atoms with van der Waals surface area (Å²) in [6.45, 7) is 6.80. The van der Waals surface area contributed by atoms with Crippen LogP contribution < -0.4 is 5.32 Å². The lowest BCUT2D eigenvalue weighted by atomic mass is 9.75. The molecule has 3 atom stereocenters. The Kier molecular flexibility index (Phi) is 5.74. The summed E-state index contributed by atoms with van der Waals surface area (Å²) in [5, 5.41) is 21.5. The van der Waals surface area contributed by atoms with Crippen molar-refractivity contribution >= 4 is 6.09 Å². The first-order chi connectivity index (χ1) is 10.9. The predicted octanol–water partition coefficient (Wildman–Crippen LogP) is 3.78. The molecule has 1 saturated carbocycles. The van der Waals surface area contributed by atoms with Gasteiger partial charge in [-0.1, -0.05) is 33.3 Å². The number of phenols is 2. The smallest absolute Gasteiger partial charge is 0.407 e. The molecule has 3 N–H and O–H groups in total. The second-order valence-electron chi connectivity index (χ2n) is 6.95. The Hall–Kier alpha value is -1.91. The highest BCUT2D eigenvalue weighted by Crippen LogP contribution is 2.35. The maximum atomic E-state index is 12.1. The molecule has 0 saturated heterocycles. The van der Waals surface area contributed by atoms with Gasteiger partial charge in [0.1, 0.15) is 6.10 Å². The van der Waals surface area contributed by atoms with Crippen LogP contribution in [-0.4, -0.2) is 22.4 Å². The molecule has 0 aliphatic heterocycles. The Morgan fingerprint density at radius 2 is 2.04 bits per heavy atom. The Labute approximate surface area is 137 Å². The number of phenolic OH excluding ortho intramolecular Hbond substituents is 2. The second kappa shape index (κ2) is 7.57. The molecule has 0 radical (unpaired) electrons. The third kappa shape index (κ3) is 4.78. The van der Waals surface area contributed by atoms with Crippen molar-refractivity contribution in [3.8, 4) is 11.5 Å². The van der Waals surface area contributed by atoms with Gasteiger partial charge in [-0.25, -0.2) is 4.79 Å². The number of benzene rings is 1. The molecule has 5 heteroatoms. The summed E-state index contributed by atoms with van der Waals surface area (Å²) in [4.78, 5) is 12.1. The topological polar surface area (TPSA) is 78.8 Å². The summed E-state index contributed by atoms with van der Waals surface area (Å²) >= 11 is 0. The maximum absolute atomic E-state index is 12.1. The van der Waals surface area contributed by atoms with Gasteiger partial charge in [-0.15, -0.1) is 0 Å². The molecule has 2 rings (SSSR count). The SMILES string of the molecule is CC1CCC(C(C)C)C(OC(=O)NCc2ccc(O)c(O)c2)C1. The monoisotopic (exact) mass is 321 g/mol. The molecule has 0 bridgehead atoms. The quantitative estimate of drug-likeness (QED) is 0.737. The summed E-state index contributed by atoms with van der Waals surface area (Å²) in [6, 6.07) is 4.47. The zero-order chi connectivity index (χ0) is 17.0. The minimum Gasteiger partial charge on any atom is -0.504 e. The van der Waals surface area contributed by atoms with Gasteiger partial charge < -0.3 is 20.3 Å². The van der Waals surface area contributed by atoms with E-state index in [1.165, 1.54) is 18.6 Å². The number of carbonyl (C=O) groups excluding carboxylic acids is 1. The van der Waals surface area contributed by atoms with Crippen LogP contribution in [0.1, 0.15) is 45.6 Å². The van der Waals surface area contributed by atoms with Crippen LogP contribution in [0.4, 0.5) is 4.79 Å². The molecule has 0 aromatic heterocycles. The lowest BCUT2D eigenvalue weighted by molar-refractivity contribution is 0.00601. The number of carbonyl (C=O) groups is 1. The summed E-state index contributed by atoms with van der Waals surface area (Å²) < 4.78 is 5.65. The predicted molar refractivity (Wildman–Crippen MR) is 88.2 cm³/mol. The largest absolute Gasteiger partial charge is 0.504 e. The molecule has 23 heavy (non-hydrogen) atoms. The van der Waals surface area contributed by atoms with Gasteiger partial charge in [0.15, 0.2) is 11.5 Å². The third-order valence-corrected chi connectivity index (χ3v) is 4.70. The van der Waals surface area contributed by atoms with Crippen molar-refractivity contribution in [2.45, 2.75) is 52.7 Å². The van der Waals surface area contributed by atoms with E-state index in [0.29, 0.717) is 23.3 Å². The van der Waals surface area contributed by atoms with E-state index in [1.807, 2.05) is 0 Å². The Bertz CT molecular complexity index is 544. The van der Waals surface area contributed by atoms with E-state index >= 15 is 0 Å². The number of nitrogens with one attached hydrogen (secondary N) is 1. The van der Waals surface area contributed by atoms with Crippen LogP contribution in [0.3, 0.4) is 0 Å². The van der Waals surface area contributed by atoms with E-state index in [-0.39, 0.29) is 24.1 Å². The van der Waals surface area contributed by atoms with Crippen molar-refractivity contribution in [3.05, 3.63) is 23.8 Å². The van der Waals surface area contributed by atoms with Gasteiger partial charge in [0.25, 0.3) is 0 Å². The number of amides is 1. The van der Waals surface area contributed by atoms with E-state index < -0.39 is 6.09 Å².